The molecule has 1 aromatic rings. The first-order valence-corrected chi connectivity index (χ1v) is 12.5. The Morgan fingerprint density at radius 2 is 1.71 bits per heavy atom. The fourth-order valence-corrected chi connectivity index (χ4v) is 3.23. The first-order valence-electron chi connectivity index (χ1n) is 12.5. The summed E-state index contributed by atoms with van der Waals surface area (Å²) in [6.07, 6.45) is 2.40. The predicted molar refractivity (Wildman–Crippen MR) is 143 cm³/mol. The van der Waals surface area contributed by atoms with E-state index in [-0.39, 0.29) is 42.4 Å². The van der Waals surface area contributed by atoms with E-state index in [4.69, 9.17) is 5.26 Å². The second-order valence-electron chi connectivity index (χ2n) is 8.99. The van der Waals surface area contributed by atoms with Gasteiger partial charge in [-0.05, 0) is 38.7 Å². The maximum absolute atomic E-state index is 13.1. The van der Waals surface area contributed by atoms with Crippen molar-refractivity contribution >= 4 is 36.4 Å². The number of amides is 4. The molecule has 0 unspecified atom stereocenters. The molecule has 0 fully saturated rings. The number of carbonyl (C=O) groups excluding carboxylic acids is 4. The standard InChI is InChI=1S/C26H36BN5O6/c1-5-20(16-28)25(35)29-14-10-9-13-21(31-24(34)18(4)30-23(33)17(2)3)26(36)32-22(27(37)38)15-19-11-7-6-8-12-19/h5-8,11-12,17-18,21,37-38H,9-10,13-15H2,1-4H3,(H,29,35)(H,30,33)(H,31,34)/b20-5+,32-22?/t18-,21-/m0/s1. The number of rotatable bonds is 14. The van der Waals surface area contributed by atoms with Crippen LogP contribution < -0.4 is 16.0 Å². The molecular weight excluding hydrogens is 489 g/mol. The molecule has 4 amide bonds. The topological polar surface area (TPSA) is 181 Å². The zero-order valence-electron chi connectivity index (χ0n) is 22.2. The molecule has 0 saturated carbocycles. The summed E-state index contributed by atoms with van der Waals surface area (Å²) in [5, 5.41) is 36.2. The molecule has 0 radical (unpaired) electrons. The summed E-state index contributed by atoms with van der Waals surface area (Å²) in [5.41, 5.74) is 0.529. The molecule has 2 atom stereocenters. The van der Waals surface area contributed by atoms with Crippen molar-refractivity contribution in [2.24, 2.45) is 10.9 Å². The zero-order valence-corrected chi connectivity index (χ0v) is 22.2. The molecular formula is C26H36BN5O6. The quantitative estimate of drug-likeness (QED) is 0.0776. The van der Waals surface area contributed by atoms with Crippen LogP contribution in [0.4, 0.5) is 0 Å². The first kappa shape index (κ1) is 32.2. The third-order valence-corrected chi connectivity index (χ3v) is 5.53. The molecule has 12 heteroatoms. The number of carbonyl (C=O) groups is 4. The van der Waals surface area contributed by atoms with Gasteiger partial charge in [-0.3, -0.25) is 19.2 Å². The van der Waals surface area contributed by atoms with Crippen molar-refractivity contribution in [3.8, 4) is 6.07 Å². The molecule has 0 aliphatic carbocycles. The van der Waals surface area contributed by atoms with E-state index in [0.29, 0.717) is 18.4 Å². The van der Waals surface area contributed by atoms with Gasteiger partial charge in [-0.15, -0.1) is 0 Å². The van der Waals surface area contributed by atoms with Crippen LogP contribution in [0.15, 0.2) is 47.0 Å². The van der Waals surface area contributed by atoms with E-state index in [9.17, 15) is 29.2 Å². The van der Waals surface area contributed by atoms with E-state index < -0.39 is 36.9 Å². The van der Waals surface area contributed by atoms with Gasteiger partial charge >= 0.3 is 7.12 Å². The van der Waals surface area contributed by atoms with Gasteiger partial charge in [-0.1, -0.05) is 50.3 Å². The molecule has 1 aromatic carbocycles. The molecule has 204 valence electrons. The van der Waals surface area contributed by atoms with Crippen LogP contribution in [0.25, 0.3) is 0 Å². The van der Waals surface area contributed by atoms with Crippen LogP contribution >= 0.6 is 0 Å². The van der Waals surface area contributed by atoms with Crippen molar-refractivity contribution < 1.29 is 29.2 Å². The first-order chi connectivity index (χ1) is 18.0. The minimum atomic E-state index is -1.98. The van der Waals surface area contributed by atoms with E-state index >= 15 is 0 Å². The van der Waals surface area contributed by atoms with E-state index in [1.54, 1.807) is 57.2 Å². The summed E-state index contributed by atoms with van der Waals surface area (Å²) in [6.45, 7) is 6.68. The smallest absolute Gasteiger partial charge is 0.422 e. The highest BCUT2D eigenvalue weighted by molar-refractivity contribution is 6.80. The Hall–Kier alpha value is -3.82. The number of nitriles is 1. The Morgan fingerprint density at radius 1 is 1.05 bits per heavy atom. The van der Waals surface area contributed by atoms with E-state index in [2.05, 4.69) is 20.9 Å². The van der Waals surface area contributed by atoms with Gasteiger partial charge < -0.3 is 26.0 Å². The number of hydrogen-bond acceptors (Lipinski definition) is 7. The summed E-state index contributed by atoms with van der Waals surface area (Å²) in [7, 11) is -1.98. The van der Waals surface area contributed by atoms with Gasteiger partial charge in [0.2, 0.25) is 11.8 Å². The van der Waals surface area contributed by atoms with E-state index in [0.717, 1.165) is 0 Å². The molecule has 5 N–H and O–H groups in total. The highest BCUT2D eigenvalue weighted by atomic mass is 16.4. The molecule has 11 nitrogen and oxygen atoms in total. The van der Waals surface area contributed by atoms with Crippen molar-refractivity contribution in [1.29, 1.82) is 5.26 Å². The van der Waals surface area contributed by atoms with Crippen molar-refractivity contribution in [3.63, 3.8) is 0 Å². The summed E-state index contributed by atoms with van der Waals surface area (Å²) < 4.78 is 0. The third kappa shape index (κ3) is 11.5. The van der Waals surface area contributed by atoms with Crippen molar-refractivity contribution in [2.45, 2.75) is 65.5 Å². The number of unbranched alkanes of at least 4 members (excludes halogenated alkanes) is 1. The Bertz CT molecular complexity index is 1070. The summed E-state index contributed by atoms with van der Waals surface area (Å²) in [4.78, 5) is 53.5. The van der Waals surface area contributed by atoms with Crippen LogP contribution in [0, 0.1) is 17.2 Å². The van der Waals surface area contributed by atoms with Crippen LogP contribution in [0.3, 0.4) is 0 Å². The number of allylic oxidation sites excluding steroid dienone is 1. The predicted octanol–water partition coefficient (Wildman–Crippen LogP) is 0.611. The monoisotopic (exact) mass is 525 g/mol. The fraction of sp³-hybridized carbons (Fsp3) is 0.462. The molecule has 0 aliphatic heterocycles. The van der Waals surface area contributed by atoms with Crippen molar-refractivity contribution in [2.75, 3.05) is 6.54 Å². The van der Waals surface area contributed by atoms with Gasteiger partial charge in [0.05, 0.1) is 5.61 Å². The molecule has 0 aromatic heterocycles. The van der Waals surface area contributed by atoms with Gasteiger partial charge in [0.25, 0.3) is 11.8 Å². The lowest BCUT2D eigenvalue weighted by atomic mass is 9.79. The van der Waals surface area contributed by atoms with Gasteiger partial charge in [0, 0.05) is 18.9 Å². The van der Waals surface area contributed by atoms with Gasteiger partial charge in [-0.25, -0.2) is 4.99 Å². The largest absolute Gasteiger partial charge is 0.504 e. The second-order valence-corrected chi connectivity index (χ2v) is 8.99. The normalized spacial score (nSPS) is 13.2. The Balaban J connectivity index is 2.96. The number of nitrogens with zero attached hydrogens (tertiary/aromatic N) is 2. The molecule has 1 rings (SSSR count). The van der Waals surface area contributed by atoms with Gasteiger partial charge in [0.1, 0.15) is 23.7 Å². The molecule has 0 heterocycles. The van der Waals surface area contributed by atoms with Crippen LogP contribution in [-0.4, -0.2) is 65.0 Å². The zero-order chi connectivity index (χ0) is 28.7. The SMILES string of the molecule is C/C=C(\C#N)C(=O)NCCCC[C@H](NC(=O)[C@H](C)NC(=O)C(C)C)C(=O)N=C(Cc1ccccc1)B(O)O. The maximum atomic E-state index is 13.1. The van der Waals surface area contributed by atoms with Crippen molar-refractivity contribution in [1.82, 2.24) is 16.0 Å². The number of aliphatic imine (C=N–C) groups is 1. The van der Waals surface area contributed by atoms with Crippen LogP contribution in [0.2, 0.25) is 0 Å². The van der Waals surface area contributed by atoms with Crippen LogP contribution in [0.5, 0.6) is 0 Å². The lowest BCUT2D eigenvalue weighted by Crippen LogP contribution is -2.51. The molecule has 0 spiro atoms. The molecule has 0 saturated heterocycles. The van der Waals surface area contributed by atoms with Crippen LogP contribution in [-0.2, 0) is 25.6 Å². The Morgan fingerprint density at radius 3 is 2.26 bits per heavy atom. The fourth-order valence-electron chi connectivity index (χ4n) is 3.23. The highest BCUT2D eigenvalue weighted by Crippen LogP contribution is 2.08. The van der Waals surface area contributed by atoms with Gasteiger partial charge in [-0.2, -0.15) is 5.26 Å². The molecule has 0 bridgehead atoms. The summed E-state index contributed by atoms with van der Waals surface area (Å²) in [5.74, 6) is -2.53. The number of nitrogens with one attached hydrogen (secondary N) is 3. The van der Waals surface area contributed by atoms with E-state index in [1.165, 1.54) is 13.0 Å². The summed E-state index contributed by atoms with van der Waals surface area (Å²) in [6, 6.07) is 8.61. The number of benzene rings is 1. The average Bonchev–Trinajstić information content (AvgIpc) is 2.88. The maximum Gasteiger partial charge on any atom is 0.504 e. The lowest BCUT2D eigenvalue weighted by Gasteiger charge is -2.20. The molecule has 0 aliphatic rings. The summed E-state index contributed by atoms with van der Waals surface area (Å²) >= 11 is 0. The average molecular weight is 525 g/mol. The second kappa shape index (κ2) is 16.8. The van der Waals surface area contributed by atoms with Gasteiger partial charge in [0.15, 0.2) is 0 Å². The van der Waals surface area contributed by atoms with Crippen molar-refractivity contribution in [3.05, 3.63) is 47.5 Å². The Kier molecular flexibility index (Phi) is 14.3. The minimum absolute atomic E-state index is 0.00871. The van der Waals surface area contributed by atoms with E-state index in [1.807, 2.05) is 0 Å². The third-order valence-electron chi connectivity index (χ3n) is 5.53. The number of hydrogen-bond donors (Lipinski definition) is 5. The van der Waals surface area contributed by atoms with Crippen LogP contribution in [0.1, 0.15) is 52.5 Å². The highest BCUT2D eigenvalue weighted by Gasteiger charge is 2.27. The lowest BCUT2D eigenvalue weighted by molar-refractivity contribution is -0.132. The molecule has 38 heavy (non-hydrogen) atoms. The Labute approximate surface area is 223 Å². The minimum Gasteiger partial charge on any atom is -0.422 e.